The van der Waals surface area contributed by atoms with Crippen LogP contribution in [0.4, 0.5) is 0 Å². The van der Waals surface area contributed by atoms with E-state index < -0.39 is 0 Å². The van der Waals surface area contributed by atoms with E-state index in [0.717, 1.165) is 25.8 Å². The highest BCUT2D eigenvalue weighted by Crippen LogP contribution is 2.34. The van der Waals surface area contributed by atoms with E-state index in [2.05, 4.69) is 39.2 Å². The molecule has 3 aromatic rings. The number of rotatable bonds is 8. The van der Waals surface area contributed by atoms with Gasteiger partial charge in [-0.1, -0.05) is 54.1 Å². The SMILES string of the molecule is COc1cc(/C=N\NC(=O)Cc2ccc(C)cc2C)cc(I)c1OCc1ccccc1. The number of carbonyl (C=O) groups excluding carboxylic acids is 1. The first kappa shape index (κ1) is 22.8. The lowest BCUT2D eigenvalue weighted by molar-refractivity contribution is -0.120. The molecule has 0 atom stereocenters. The molecule has 0 radical (unpaired) electrons. The molecule has 0 heterocycles. The number of amides is 1. The van der Waals surface area contributed by atoms with Gasteiger partial charge in [0, 0.05) is 0 Å². The van der Waals surface area contributed by atoms with Gasteiger partial charge < -0.3 is 9.47 Å². The van der Waals surface area contributed by atoms with E-state index >= 15 is 0 Å². The lowest BCUT2D eigenvalue weighted by Gasteiger charge is -2.13. The number of aryl methyl sites for hydroxylation is 2. The average molecular weight is 528 g/mol. The van der Waals surface area contributed by atoms with Crippen LogP contribution in [0, 0.1) is 17.4 Å². The highest BCUT2D eigenvalue weighted by atomic mass is 127. The van der Waals surface area contributed by atoms with Crippen molar-refractivity contribution in [1.82, 2.24) is 5.43 Å². The van der Waals surface area contributed by atoms with E-state index in [1.54, 1.807) is 13.3 Å². The van der Waals surface area contributed by atoms with Gasteiger partial charge in [0.2, 0.25) is 5.91 Å². The molecule has 0 aliphatic carbocycles. The van der Waals surface area contributed by atoms with E-state index in [4.69, 9.17) is 9.47 Å². The number of methoxy groups -OCH3 is 1. The summed E-state index contributed by atoms with van der Waals surface area (Å²) in [5.74, 6) is 1.14. The van der Waals surface area contributed by atoms with Gasteiger partial charge in [-0.2, -0.15) is 5.10 Å². The number of nitrogens with one attached hydrogen (secondary N) is 1. The molecule has 0 bridgehead atoms. The third-order valence-electron chi connectivity index (χ3n) is 4.73. The molecule has 1 N–H and O–H groups in total. The van der Waals surface area contributed by atoms with Crippen molar-refractivity contribution in [2.24, 2.45) is 5.10 Å². The molecule has 1 amide bonds. The minimum atomic E-state index is -0.160. The van der Waals surface area contributed by atoms with Gasteiger partial charge in [0.25, 0.3) is 0 Å². The summed E-state index contributed by atoms with van der Waals surface area (Å²) >= 11 is 2.21. The molecule has 0 spiro atoms. The maximum absolute atomic E-state index is 12.2. The first-order valence-electron chi connectivity index (χ1n) is 9.88. The van der Waals surface area contributed by atoms with Crippen LogP contribution in [0.15, 0.2) is 65.8 Å². The Hall–Kier alpha value is -2.87. The summed E-state index contributed by atoms with van der Waals surface area (Å²) in [7, 11) is 1.60. The summed E-state index contributed by atoms with van der Waals surface area (Å²) in [4.78, 5) is 12.2. The van der Waals surface area contributed by atoms with Crippen LogP contribution in [-0.2, 0) is 17.8 Å². The van der Waals surface area contributed by atoms with Gasteiger partial charge in [-0.3, -0.25) is 4.79 Å². The third-order valence-corrected chi connectivity index (χ3v) is 5.53. The summed E-state index contributed by atoms with van der Waals surface area (Å²) in [6.07, 6.45) is 1.89. The van der Waals surface area contributed by atoms with E-state index in [9.17, 15) is 4.79 Å². The quantitative estimate of drug-likeness (QED) is 0.249. The van der Waals surface area contributed by atoms with E-state index in [1.807, 2.05) is 68.4 Å². The Morgan fingerprint density at radius 1 is 1.10 bits per heavy atom. The number of hydrazone groups is 1. The van der Waals surface area contributed by atoms with Gasteiger partial charge in [0.15, 0.2) is 11.5 Å². The molecule has 0 saturated carbocycles. The molecular formula is C25H25IN2O3. The summed E-state index contributed by atoms with van der Waals surface area (Å²) in [6.45, 7) is 4.50. The maximum atomic E-state index is 12.2. The Labute approximate surface area is 196 Å². The predicted octanol–water partition coefficient (Wildman–Crippen LogP) is 5.19. The van der Waals surface area contributed by atoms with Crippen molar-refractivity contribution in [1.29, 1.82) is 0 Å². The summed E-state index contributed by atoms with van der Waals surface area (Å²) in [5.41, 5.74) is 7.76. The molecule has 6 heteroatoms. The van der Waals surface area contributed by atoms with Crippen LogP contribution >= 0.6 is 22.6 Å². The van der Waals surface area contributed by atoms with Crippen molar-refractivity contribution < 1.29 is 14.3 Å². The second-order valence-electron chi connectivity index (χ2n) is 7.21. The van der Waals surface area contributed by atoms with Crippen LogP contribution in [0.25, 0.3) is 0 Å². The van der Waals surface area contributed by atoms with Gasteiger partial charge in [-0.25, -0.2) is 5.43 Å². The van der Waals surface area contributed by atoms with Crippen molar-refractivity contribution in [3.8, 4) is 11.5 Å². The van der Waals surface area contributed by atoms with Crippen LogP contribution in [0.2, 0.25) is 0 Å². The number of hydrogen-bond acceptors (Lipinski definition) is 4. The van der Waals surface area contributed by atoms with E-state index in [1.165, 1.54) is 5.56 Å². The van der Waals surface area contributed by atoms with Gasteiger partial charge in [-0.15, -0.1) is 0 Å². The second-order valence-corrected chi connectivity index (χ2v) is 8.37. The van der Waals surface area contributed by atoms with Crippen LogP contribution in [0.1, 0.15) is 27.8 Å². The molecule has 160 valence electrons. The fraction of sp³-hybridized carbons (Fsp3) is 0.200. The molecule has 0 aliphatic rings. The largest absolute Gasteiger partial charge is 0.493 e. The van der Waals surface area contributed by atoms with Crippen molar-refractivity contribution in [2.45, 2.75) is 26.9 Å². The Bertz CT molecular complexity index is 1080. The van der Waals surface area contributed by atoms with Crippen molar-refractivity contribution in [3.05, 3.63) is 92.1 Å². The number of benzene rings is 3. The minimum absolute atomic E-state index is 0.160. The van der Waals surface area contributed by atoms with E-state index in [-0.39, 0.29) is 12.3 Å². The topological polar surface area (TPSA) is 59.9 Å². The maximum Gasteiger partial charge on any atom is 0.244 e. The van der Waals surface area contributed by atoms with Crippen LogP contribution in [0.5, 0.6) is 11.5 Å². The van der Waals surface area contributed by atoms with Crippen molar-refractivity contribution in [2.75, 3.05) is 7.11 Å². The highest BCUT2D eigenvalue weighted by molar-refractivity contribution is 14.1. The van der Waals surface area contributed by atoms with Crippen LogP contribution < -0.4 is 14.9 Å². The number of carbonyl (C=O) groups is 1. The van der Waals surface area contributed by atoms with Crippen LogP contribution in [0.3, 0.4) is 0 Å². The molecule has 0 aliphatic heterocycles. The van der Waals surface area contributed by atoms with Crippen LogP contribution in [-0.4, -0.2) is 19.2 Å². The first-order chi connectivity index (χ1) is 15.0. The Kier molecular flexibility index (Phi) is 8.06. The number of halogens is 1. The summed E-state index contributed by atoms with van der Waals surface area (Å²) in [6, 6.07) is 19.8. The monoisotopic (exact) mass is 528 g/mol. The Morgan fingerprint density at radius 2 is 1.87 bits per heavy atom. The van der Waals surface area contributed by atoms with Crippen molar-refractivity contribution >= 4 is 34.7 Å². The normalized spacial score (nSPS) is 10.8. The summed E-state index contributed by atoms with van der Waals surface area (Å²) in [5, 5.41) is 4.10. The predicted molar refractivity (Wildman–Crippen MR) is 132 cm³/mol. The molecule has 0 aromatic heterocycles. The number of ether oxygens (including phenoxy) is 2. The minimum Gasteiger partial charge on any atom is -0.493 e. The fourth-order valence-corrected chi connectivity index (χ4v) is 3.90. The highest BCUT2D eigenvalue weighted by Gasteiger charge is 2.12. The lowest BCUT2D eigenvalue weighted by Crippen LogP contribution is -2.20. The molecule has 3 rings (SSSR count). The first-order valence-corrected chi connectivity index (χ1v) is 11.0. The Morgan fingerprint density at radius 3 is 2.58 bits per heavy atom. The van der Waals surface area contributed by atoms with Gasteiger partial charge >= 0.3 is 0 Å². The fourth-order valence-electron chi connectivity index (χ4n) is 3.12. The average Bonchev–Trinajstić information content (AvgIpc) is 2.75. The zero-order chi connectivity index (χ0) is 22.2. The molecule has 0 saturated heterocycles. The molecule has 0 fully saturated rings. The van der Waals surface area contributed by atoms with Gasteiger partial charge in [0.1, 0.15) is 6.61 Å². The molecule has 0 unspecified atom stereocenters. The molecule has 3 aromatic carbocycles. The third kappa shape index (κ3) is 6.55. The molecule has 31 heavy (non-hydrogen) atoms. The summed E-state index contributed by atoms with van der Waals surface area (Å²) < 4.78 is 12.4. The van der Waals surface area contributed by atoms with E-state index in [0.29, 0.717) is 18.1 Å². The molecule has 5 nitrogen and oxygen atoms in total. The smallest absolute Gasteiger partial charge is 0.244 e. The van der Waals surface area contributed by atoms with Gasteiger partial charge in [0.05, 0.1) is 23.3 Å². The zero-order valence-corrected chi connectivity index (χ0v) is 20.0. The Balaban J connectivity index is 1.63. The second kappa shape index (κ2) is 10.9. The van der Waals surface area contributed by atoms with Gasteiger partial charge in [-0.05, 0) is 70.8 Å². The number of nitrogens with zero attached hydrogens (tertiary/aromatic N) is 1. The number of hydrogen-bond donors (Lipinski definition) is 1. The van der Waals surface area contributed by atoms with Crippen molar-refractivity contribution in [3.63, 3.8) is 0 Å². The molecular weight excluding hydrogens is 503 g/mol. The standard InChI is InChI=1S/C25H25IN2O3/c1-17-9-10-21(18(2)11-17)14-24(29)28-27-15-20-12-22(26)25(23(13-20)30-3)31-16-19-7-5-4-6-8-19/h4-13,15H,14,16H2,1-3H3,(H,28,29)/b27-15-. The zero-order valence-electron chi connectivity index (χ0n) is 17.8. The lowest BCUT2D eigenvalue weighted by atomic mass is 10.0.